The number of rotatable bonds is 3. The minimum absolute atomic E-state index is 0.390. The fourth-order valence-electron chi connectivity index (χ4n) is 3.48. The van der Waals surface area contributed by atoms with Crippen LogP contribution in [0, 0.1) is 0 Å². The normalized spacial score (nSPS) is 21.1. The monoisotopic (exact) mass is 314 g/mol. The number of benzene rings is 1. The first-order valence-electron chi connectivity index (χ1n) is 8.20. The molecule has 4 rings (SSSR count). The topological polar surface area (TPSA) is 52.4 Å². The van der Waals surface area contributed by atoms with E-state index in [2.05, 4.69) is 31.8 Å². The predicted octanol–water partition coefficient (Wildman–Crippen LogP) is 1.82. The second-order valence-electron chi connectivity index (χ2n) is 6.29. The highest BCUT2D eigenvalue weighted by atomic mass is 16.7. The van der Waals surface area contributed by atoms with E-state index >= 15 is 0 Å². The summed E-state index contributed by atoms with van der Waals surface area (Å²) in [6.07, 6.45) is 2.07. The van der Waals surface area contributed by atoms with Crippen LogP contribution in [0.5, 0.6) is 0 Å². The summed E-state index contributed by atoms with van der Waals surface area (Å²) in [6, 6.07) is 10.2. The molecule has 2 fully saturated rings. The van der Waals surface area contributed by atoms with Crippen molar-refractivity contribution in [2.45, 2.75) is 25.2 Å². The molecule has 6 heteroatoms. The molecule has 0 unspecified atom stereocenters. The van der Waals surface area contributed by atoms with Crippen molar-refractivity contribution in [2.24, 2.45) is 7.05 Å². The molecule has 3 heterocycles. The highest BCUT2D eigenvalue weighted by molar-refractivity contribution is 5.54. The summed E-state index contributed by atoms with van der Waals surface area (Å²) < 4.78 is 13.8. The summed E-state index contributed by atoms with van der Waals surface area (Å²) in [7, 11) is 2.03. The molecule has 0 atom stereocenters. The molecule has 2 aromatic rings. The number of piperidine rings is 1. The minimum atomic E-state index is -0.390. The molecule has 0 amide bonds. The minimum Gasteiger partial charge on any atom is -0.346 e. The van der Waals surface area contributed by atoms with Gasteiger partial charge in [0, 0.05) is 19.0 Å². The molecular formula is C17H22N4O2. The summed E-state index contributed by atoms with van der Waals surface area (Å²) >= 11 is 0. The first-order valence-corrected chi connectivity index (χ1v) is 8.20. The van der Waals surface area contributed by atoms with Crippen molar-refractivity contribution in [2.75, 3.05) is 26.3 Å². The highest BCUT2D eigenvalue weighted by Crippen LogP contribution is 2.30. The Morgan fingerprint density at radius 3 is 2.70 bits per heavy atom. The van der Waals surface area contributed by atoms with Gasteiger partial charge >= 0.3 is 0 Å². The van der Waals surface area contributed by atoms with Gasteiger partial charge in [-0.2, -0.15) is 0 Å². The van der Waals surface area contributed by atoms with Gasteiger partial charge < -0.3 is 14.0 Å². The van der Waals surface area contributed by atoms with Crippen LogP contribution in [-0.4, -0.2) is 51.8 Å². The Kier molecular flexibility index (Phi) is 3.88. The maximum absolute atomic E-state index is 5.85. The van der Waals surface area contributed by atoms with Crippen molar-refractivity contribution in [1.29, 1.82) is 0 Å². The average Bonchev–Trinajstić information content (AvgIpc) is 3.16. The fourth-order valence-corrected chi connectivity index (χ4v) is 3.48. The smallest absolute Gasteiger partial charge is 0.181 e. The molecule has 2 aliphatic heterocycles. The summed E-state index contributed by atoms with van der Waals surface area (Å²) in [6.45, 7) is 4.03. The van der Waals surface area contributed by atoms with E-state index in [1.165, 1.54) is 0 Å². The standard InChI is InChI=1S/C17H22N4O2/c1-20-15(18-19-16(20)14-6-3-2-4-7-14)12-21-9-5-8-17(13-21)22-10-11-23-17/h2-4,6-7H,5,8-13H2,1H3. The molecule has 1 aromatic carbocycles. The van der Waals surface area contributed by atoms with Crippen molar-refractivity contribution >= 4 is 0 Å². The second-order valence-corrected chi connectivity index (χ2v) is 6.29. The summed E-state index contributed by atoms with van der Waals surface area (Å²) in [4.78, 5) is 2.35. The number of ether oxygens (including phenoxy) is 2. The largest absolute Gasteiger partial charge is 0.346 e. The lowest BCUT2D eigenvalue weighted by Gasteiger charge is -2.38. The molecule has 2 aliphatic rings. The van der Waals surface area contributed by atoms with E-state index in [0.29, 0.717) is 13.2 Å². The molecule has 1 aromatic heterocycles. The molecule has 2 saturated heterocycles. The Morgan fingerprint density at radius 2 is 1.91 bits per heavy atom. The quantitative estimate of drug-likeness (QED) is 0.865. The number of nitrogens with zero attached hydrogens (tertiary/aromatic N) is 4. The van der Waals surface area contributed by atoms with Crippen LogP contribution in [0.3, 0.4) is 0 Å². The third kappa shape index (κ3) is 2.89. The molecular weight excluding hydrogens is 292 g/mol. The lowest BCUT2D eigenvalue weighted by atomic mass is 10.0. The van der Waals surface area contributed by atoms with Gasteiger partial charge in [-0.05, 0) is 13.0 Å². The van der Waals surface area contributed by atoms with Crippen LogP contribution in [0.4, 0.5) is 0 Å². The van der Waals surface area contributed by atoms with Crippen molar-refractivity contribution in [1.82, 2.24) is 19.7 Å². The summed E-state index contributed by atoms with van der Waals surface area (Å²) in [5.74, 6) is 1.48. The molecule has 0 aliphatic carbocycles. The van der Waals surface area contributed by atoms with E-state index in [0.717, 1.165) is 49.7 Å². The van der Waals surface area contributed by atoms with Gasteiger partial charge in [-0.3, -0.25) is 4.90 Å². The van der Waals surface area contributed by atoms with Crippen molar-refractivity contribution < 1.29 is 9.47 Å². The molecule has 0 saturated carbocycles. The zero-order chi connectivity index (χ0) is 15.7. The van der Waals surface area contributed by atoms with Crippen LogP contribution in [0.2, 0.25) is 0 Å². The van der Waals surface area contributed by atoms with Crippen LogP contribution in [0.15, 0.2) is 30.3 Å². The molecule has 1 spiro atoms. The van der Waals surface area contributed by atoms with Crippen molar-refractivity contribution in [3.05, 3.63) is 36.2 Å². The van der Waals surface area contributed by atoms with Gasteiger partial charge in [-0.1, -0.05) is 30.3 Å². The van der Waals surface area contributed by atoms with Crippen LogP contribution in [0.1, 0.15) is 18.7 Å². The van der Waals surface area contributed by atoms with Gasteiger partial charge in [0.05, 0.1) is 26.3 Å². The number of aromatic nitrogens is 3. The molecule has 6 nitrogen and oxygen atoms in total. The molecule has 23 heavy (non-hydrogen) atoms. The first kappa shape index (κ1) is 14.8. The first-order chi connectivity index (χ1) is 11.3. The Balaban J connectivity index is 1.50. The number of hydrogen-bond donors (Lipinski definition) is 0. The Bertz CT molecular complexity index is 664. The van der Waals surface area contributed by atoms with Crippen LogP contribution < -0.4 is 0 Å². The molecule has 0 N–H and O–H groups in total. The second kappa shape index (κ2) is 6.03. The number of hydrogen-bond acceptors (Lipinski definition) is 5. The van der Waals surface area contributed by atoms with Crippen molar-refractivity contribution in [3.8, 4) is 11.4 Å². The van der Waals surface area contributed by atoms with Crippen LogP contribution in [0.25, 0.3) is 11.4 Å². The zero-order valence-electron chi connectivity index (χ0n) is 13.4. The van der Waals surface area contributed by atoms with Gasteiger partial charge in [0.1, 0.15) is 5.82 Å². The van der Waals surface area contributed by atoms with Crippen LogP contribution >= 0.6 is 0 Å². The number of likely N-dealkylation sites (tertiary alicyclic amines) is 1. The SMILES string of the molecule is Cn1c(CN2CCCC3(C2)OCCO3)nnc1-c1ccccc1. The molecule has 0 bridgehead atoms. The average molecular weight is 314 g/mol. The zero-order valence-corrected chi connectivity index (χ0v) is 13.4. The van der Waals surface area contributed by atoms with Gasteiger partial charge in [0.25, 0.3) is 0 Å². The van der Waals surface area contributed by atoms with Gasteiger partial charge in [-0.25, -0.2) is 0 Å². The lowest BCUT2D eigenvalue weighted by Crippen LogP contribution is -2.48. The van der Waals surface area contributed by atoms with E-state index in [1.807, 2.05) is 25.2 Å². The van der Waals surface area contributed by atoms with Crippen LogP contribution in [-0.2, 0) is 23.1 Å². The maximum Gasteiger partial charge on any atom is 0.181 e. The van der Waals surface area contributed by atoms with E-state index in [-0.39, 0.29) is 5.79 Å². The molecule has 0 radical (unpaired) electrons. The maximum atomic E-state index is 5.85. The van der Waals surface area contributed by atoms with Gasteiger partial charge in [0.15, 0.2) is 11.6 Å². The fraction of sp³-hybridized carbons (Fsp3) is 0.529. The highest BCUT2D eigenvalue weighted by Gasteiger charge is 2.40. The lowest BCUT2D eigenvalue weighted by molar-refractivity contribution is -0.190. The van der Waals surface area contributed by atoms with E-state index < -0.39 is 0 Å². The Labute approximate surface area is 136 Å². The Morgan fingerprint density at radius 1 is 1.13 bits per heavy atom. The predicted molar refractivity (Wildman–Crippen MR) is 85.6 cm³/mol. The van der Waals surface area contributed by atoms with E-state index in [4.69, 9.17) is 9.47 Å². The third-order valence-electron chi connectivity index (χ3n) is 4.67. The van der Waals surface area contributed by atoms with Crippen molar-refractivity contribution in [3.63, 3.8) is 0 Å². The summed E-state index contributed by atoms with van der Waals surface area (Å²) in [5, 5.41) is 8.76. The van der Waals surface area contributed by atoms with Gasteiger partial charge in [-0.15, -0.1) is 10.2 Å². The summed E-state index contributed by atoms with van der Waals surface area (Å²) in [5.41, 5.74) is 1.09. The van der Waals surface area contributed by atoms with E-state index in [1.54, 1.807) is 0 Å². The van der Waals surface area contributed by atoms with E-state index in [9.17, 15) is 0 Å². The Hall–Kier alpha value is -1.76. The van der Waals surface area contributed by atoms with Gasteiger partial charge in [0.2, 0.25) is 0 Å². The molecule has 122 valence electrons. The third-order valence-corrected chi connectivity index (χ3v) is 4.67.